The highest BCUT2D eigenvalue weighted by molar-refractivity contribution is 5.96. The van der Waals surface area contributed by atoms with Crippen molar-refractivity contribution in [3.05, 3.63) is 35.9 Å². The molecule has 0 aromatic heterocycles. The molecule has 0 heterocycles. The van der Waals surface area contributed by atoms with Gasteiger partial charge in [-0.1, -0.05) is 58.0 Å². The van der Waals surface area contributed by atoms with Crippen molar-refractivity contribution in [2.24, 2.45) is 39.8 Å². The van der Waals surface area contributed by atoms with Crippen molar-refractivity contribution < 1.29 is 33.6 Å². The molecule has 0 unspecified atom stereocenters. The molecule has 0 aliphatic heterocycles. The number of carbonyl (C=O) groups is 7. The number of benzene rings is 1. The first kappa shape index (κ1) is 42.8. The number of rotatable bonds is 21. The summed E-state index contributed by atoms with van der Waals surface area (Å²) in [7, 11) is 0. The Morgan fingerprint density at radius 3 is 1.82 bits per heavy atom. The lowest BCUT2D eigenvalue weighted by atomic mass is 9.99. The molecule has 0 bridgehead atoms. The van der Waals surface area contributed by atoms with E-state index in [1.54, 1.807) is 58.0 Å². The molecule has 0 saturated heterocycles. The summed E-state index contributed by atoms with van der Waals surface area (Å²) in [6.07, 6.45) is 0.773. The van der Waals surface area contributed by atoms with Crippen LogP contribution < -0.4 is 54.8 Å². The molecule has 0 saturated carbocycles. The second-order valence-electron chi connectivity index (χ2n) is 12.5. The van der Waals surface area contributed by atoms with Crippen LogP contribution >= 0.6 is 0 Å². The highest BCUT2D eigenvalue weighted by Gasteiger charge is 2.31. The Hall–Kier alpha value is -5.26. The first-order valence-electron chi connectivity index (χ1n) is 16.3. The number of nitrogens with one attached hydrogen (secondary N) is 6. The average Bonchev–Trinajstić information content (AvgIpc) is 3.05. The fourth-order valence-corrected chi connectivity index (χ4v) is 4.50. The summed E-state index contributed by atoms with van der Waals surface area (Å²) in [4.78, 5) is 92.4. The predicted octanol–water partition coefficient (Wildman–Crippen LogP) is -3.40. The average molecular weight is 704 g/mol. The van der Waals surface area contributed by atoms with Gasteiger partial charge in [-0.15, -0.1) is 0 Å². The Kier molecular flexibility index (Phi) is 18.5. The third kappa shape index (κ3) is 16.2. The Bertz CT molecular complexity index is 1350. The van der Waals surface area contributed by atoms with Crippen molar-refractivity contribution in [1.82, 2.24) is 31.9 Å². The van der Waals surface area contributed by atoms with Crippen molar-refractivity contribution >= 4 is 47.3 Å². The van der Waals surface area contributed by atoms with Gasteiger partial charge in [0, 0.05) is 13.0 Å². The van der Waals surface area contributed by atoms with E-state index in [0.717, 1.165) is 0 Å². The normalized spacial score (nSPS) is 13.8. The maximum absolute atomic E-state index is 13.3. The van der Waals surface area contributed by atoms with Crippen LogP contribution in [0.2, 0.25) is 0 Å². The lowest BCUT2D eigenvalue weighted by molar-refractivity contribution is -0.134. The molecule has 0 radical (unpaired) electrons. The van der Waals surface area contributed by atoms with Gasteiger partial charge in [0.1, 0.15) is 24.2 Å². The Morgan fingerprint density at radius 2 is 1.26 bits per heavy atom. The van der Waals surface area contributed by atoms with Crippen LogP contribution in [0.5, 0.6) is 0 Å². The third-order valence-corrected chi connectivity index (χ3v) is 7.34. The van der Waals surface area contributed by atoms with Crippen molar-refractivity contribution in [2.75, 3.05) is 19.6 Å². The number of hydrogen-bond donors (Lipinski definition) is 10. The minimum atomic E-state index is -1.14. The quantitative estimate of drug-likeness (QED) is 0.0344. The van der Waals surface area contributed by atoms with Gasteiger partial charge in [-0.2, -0.15) is 0 Å². The van der Waals surface area contributed by atoms with E-state index in [9.17, 15) is 33.6 Å². The minimum absolute atomic E-state index is 0.0659. The molecule has 0 spiro atoms. The highest BCUT2D eigenvalue weighted by Crippen LogP contribution is 2.08. The van der Waals surface area contributed by atoms with Gasteiger partial charge < -0.3 is 54.8 Å². The van der Waals surface area contributed by atoms with Crippen LogP contribution in [0.25, 0.3) is 0 Å². The number of carbonyl (C=O) groups excluding carboxylic acids is 7. The largest absolute Gasteiger partial charge is 0.370 e. The molecule has 14 N–H and O–H groups in total. The molecule has 50 heavy (non-hydrogen) atoms. The number of amides is 7. The number of nitrogens with two attached hydrogens (primary N) is 4. The number of primary amides is 1. The van der Waals surface area contributed by atoms with Crippen LogP contribution in [0.3, 0.4) is 0 Å². The van der Waals surface area contributed by atoms with Crippen molar-refractivity contribution in [1.29, 1.82) is 0 Å². The zero-order valence-electron chi connectivity index (χ0n) is 29.3. The van der Waals surface area contributed by atoms with Crippen LogP contribution in [-0.4, -0.2) is 97.2 Å². The number of hydrogen-bond acceptors (Lipinski definition) is 9. The van der Waals surface area contributed by atoms with Gasteiger partial charge in [-0.25, -0.2) is 0 Å². The van der Waals surface area contributed by atoms with Crippen LogP contribution in [0.4, 0.5) is 0 Å². The summed E-state index contributed by atoms with van der Waals surface area (Å²) in [5.74, 6) is -5.49. The van der Waals surface area contributed by atoms with Gasteiger partial charge in [0.25, 0.3) is 0 Å². The second-order valence-corrected chi connectivity index (χ2v) is 12.5. The lowest BCUT2D eigenvalue weighted by Crippen LogP contribution is -2.58. The molecule has 1 aromatic rings. The lowest BCUT2D eigenvalue weighted by Gasteiger charge is -2.27. The monoisotopic (exact) mass is 703 g/mol. The van der Waals surface area contributed by atoms with Gasteiger partial charge in [0.05, 0.1) is 19.1 Å². The van der Waals surface area contributed by atoms with E-state index >= 15 is 0 Å². The molecule has 18 heteroatoms. The Morgan fingerprint density at radius 1 is 0.680 bits per heavy atom. The van der Waals surface area contributed by atoms with Crippen molar-refractivity contribution in [3.63, 3.8) is 0 Å². The summed E-state index contributed by atoms with van der Waals surface area (Å²) in [5.41, 5.74) is 22.3. The molecule has 1 rings (SSSR count). The molecule has 0 fully saturated rings. The molecule has 7 amide bonds. The van der Waals surface area contributed by atoms with E-state index in [4.69, 9.17) is 22.9 Å². The summed E-state index contributed by atoms with van der Waals surface area (Å²) in [5, 5.41) is 15.2. The first-order valence-corrected chi connectivity index (χ1v) is 16.3. The summed E-state index contributed by atoms with van der Waals surface area (Å²) in [6.45, 7) is 7.55. The topological polar surface area (TPSA) is 308 Å². The van der Waals surface area contributed by atoms with Gasteiger partial charge in [-0.05, 0) is 37.2 Å². The number of nitrogens with zero attached hydrogens (tertiary/aromatic N) is 1. The van der Waals surface area contributed by atoms with E-state index in [1.165, 1.54) is 6.92 Å². The minimum Gasteiger partial charge on any atom is -0.370 e. The zero-order valence-corrected chi connectivity index (χ0v) is 29.3. The number of aliphatic imine (C=N–C) groups is 1. The molecular formula is C32H53N11O7. The SMILES string of the molecule is CC(C)[C@H](NC(=O)CNC(=O)[C@H](Cc1ccccc1)NC(=O)[C@@H](C)NC(=O)[C@@H](N)CCCN=C(N)N)C(=O)N[C@H](C(=O)NCC(N)=O)C(C)C. The van der Waals surface area contributed by atoms with Crippen LogP contribution in [0.1, 0.15) is 53.0 Å². The highest BCUT2D eigenvalue weighted by atomic mass is 16.2. The molecule has 18 nitrogen and oxygen atoms in total. The zero-order chi connectivity index (χ0) is 38.0. The third-order valence-electron chi connectivity index (χ3n) is 7.34. The van der Waals surface area contributed by atoms with Crippen molar-refractivity contribution in [3.8, 4) is 0 Å². The van der Waals surface area contributed by atoms with Gasteiger partial charge in [-0.3, -0.25) is 38.6 Å². The summed E-state index contributed by atoms with van der Waals surface area (Å²) >= 11 is 0. The molecule has 0 aliphatic carbocycles. The second kappa shape index (κ2) is 21.7. The van der Waals surface area contributed by atoms with Crippen LogP contribution in [0, 0.1) is 11.8 Å². The Labute approximate surface area is 292 Å². The summed E-state index contributed by atoms with van der Waals surface area (Å²) < 4.78 is 0. The first-order chi connectivity index (χ1) is 23.4. The number of guanidine groups is 1. The standard InChI is InChI=1S/C32H53N11O7/c1-17(2)25(30(49)38-15-23(34)44)43-31(50)26(18(3)4)42-24(45)16-39-29(48)22(14-20-10-7-6-8-11-20)41-27(46)19(5)40-28(47)21(33)12-9-13-37-32(35)36/h6-8,10-11,17-19,21-22,25-26H,9,12-16,33H2,1-5H3,(H2,34,44)(H,38,49)(H,39,48)(H,40,47)(H,41,46)(H,42,45)(H,43,50)(H4,35,36,37)/t19-,21+,22+,25+,26+/m1/s1. The van der Waals surface area contributed by atoms with Crippen LogP contribution in [-0.2, 0) is 40.0 Å². The Balaban J connectivity index is 2.90. The van der Waals surface area contributed by atoms with E-state index in [1.807, 2.05) is 0 Å². The predicted molar refractivity (Wildman–Crippen MR) is 186 cm³/mol. The van der Waals surface area contributed by atoms with E-state index in [2.05, 4.69) is 36.9 Å². The van der Waals surface area contributed by atoms with E-state index in [0.29, 0.717) is 12.0 Å². The fourth-order valence-electron chi connectivity index (χ4n) is 4.50. The van der Waals surface area contributed by atoms with Crippen LogP contribution in [0.15, 0.2) is 35.3 Å². The maximum atomic E-state index is 13.3. The molecule has 5 atom stereocenters. The molecule has 278 valence electrons. The molecular weight excluding hydrogens is 650 g/mol. The molecule has 1 aromatic carbocycles. The van der Waals surface area contributed by atoms with Gasteiger partial charge in [0.2, 0.25) is 41.4 Å². The van der Waals surface area contributed by atoms with Crippen molar-refractivity contribution in [2.45, 2.75) is 84.1 Å². The fraction of sp³-hybridized carbons (Fsp3) is 0.562. The van der Waals surface area contributed by atoms with E-state index in [-0.39, 0.29) is 31.3 Å². The van der Waals surface area contributed by atoms with Gasteiger partial charge >= 0.3 is 0 Å². The maximum Gasteiger partial charge on any atom is 0.243 e. The smallest absolute Gasteiger partial charge is 0.243 e. The van der Waals surface area contributed by atoms with Gasteiger partial charge in [0.15, 0.2) is 5.96 Å². The summed E-state index contributed by atoms with van der Waals surface area (Å²) in [6, 6.07) is 3.63. The van der Waals surface area contributed by atoms with E-state index < -0.39 is 90.6 Å². The molecule has 0 aliphatic rings.